The highest BCUT2D eigenvalue weighted by atomic mass is 79.9. The molecule has 0 saturated heterocycles. The lowest BCUT2D eigenvalue weighted by molar-refractivity contribution is -0.143. The summed E-state index contributed by atoms with van der Waals surface area (Å²) in [5, 5.41) is 2.56. The van der Waals surface area contributed by atoms with E-state index in [2.05, 4.69) is 21.2 Å². The molecule has 0 heterocycles. The van der Waals surface area contributed by atoms with Crippen molar-refractivity contribution in [1.29, 1.82) is 0 Å². The minimum absolute atomic E-state index is 0.0697. The van der Waals surface area contributed by atoms with E-state index in [9.17, 15) is 9.59 Å². The summed E-state index contributed by atoms with van der Waals surface area (Å²) in [4.78, 5) is 22.8. The first-order chi connectivity index (χ1) is 9.02. The van der Waals surface area contributed by atoms with Crippen LogP contribution in [-0.2, 0) is 14.3 Å². The van der Waals surface area contributed by atoms with Crippen molar-refractivity contribution in [2.24, 2.45) is 0 Å². The maximum absolute atomic E-state index is 11.7. The van der Waals surface area contributed by atoms with Crippen LogP contribution in [0.4, 0.5) is 0 Å². The SMILES string of the molecule is CCOC(=O)CNC(=O)CC(C)c1ccc(Br)cc1. The maximum atomic E-state index is 11.7. The lowest BCUT2D eigenvalue weighted by Gasteiger charge is -2.12. The minimum atomic E-state index is -0.410. The van der Waals surface area contributed by atoms with Crippen LogP contribution in [0.3, 0.4) is 0 Å². The highest BCUT2D eigenvalue weighted by molar-refractivity contribution is 9.10. The number of ether oxygens (including phenoxy) is 1. The van der Waals surface area contributed by atoms with Gasteiger partial charge in [-0.3, -0.25) is 9.59 Å². The van der Waals surface area contributed by atoms with Crippen LogP contribution in [0.25, 0.3) is 0 Å². The number of carbonyl (C=O) groups is 2. The van der Waals surface area contributed by atoms with E-state index >= 15 is 0 Å². The predicted molar refractivity (Wildman–Crippen MR) is 76.8 cm³/mol. The molecule has 4 nitrogen and oxygen atoms in total. The summed E-state index contributed by atoms with van der Waals surface area (Å²) in [6.45, 7) is 3.96. The third-order valence-corrected chi connectivity index (χ3v) is 3.19. The Balaban J connectivity index is 2.39. The highest BCUT2D eigenvalue weighted by Crippen LogP contribution is 2.20. The van der Waals surface area contributed by atoms with Crippen LogP contribution in [0, 0.1) is 0 Å². The van der Waals surface area contributed by atoms with Crippen LogP contribution in [-0.4, -0.2) is 25.0 Å². The van der Waals surface area contributed by atoms with E-state index in [1.807, 2.05) is 31.2 Å². The third-order valence-electron chi connectivity index (χ3n) is 2.67. The summed E-state index contributed by atoms with van der Waals surface area (Å²) in [6, 6.07) is 7.85. The normalized spacial score (nSPS) is 11.7. The van der Waals surface area contributed by atoms with Gasteiger partial charge in [0.2, 0.25) is 5.91 Å². The van der Waals surface area contributed by atoms with Gasteiger partial charge in [0.05, 0.1) is 6.61 Å². The number of carbonyl (C=O) groups excluding carboxylic acids is 2. The summed E-state index contributed by atoms with van der Waals surface area (Å²) >= 11 is 3.37. The molecule has 1 N–H and O–H groups in total. The van der Waals surface area contributed by atoms with Gasteiger partial charge in [0.15, 0.2) is 0 Å². The molecule has 0 aliphatic heterocycles. The van der Waals surface area contributed by atoms with Crippen molar-refractivity contribution in [3.05, 3.63) is 34.3 Å². The largest absolute Gasteiger partial charge is 0.465 e. The van der Waals surface area contributed by atoms with Crippen molar-refractivity contribution in [3.63, 3.8) is 0 Å². The molecule has 0 aromatic heterocycles. The fourth-order valence-corrected chi connectivity index (χ4v) is 1.91. The lowest BCUT2D eigenvalue weighted by Crippen LogP contribution is -2.31. The van der Waals surface area contributed by atoms with E-state index < -0.39 is 5.97 Å². The van der Waals surface area contributed by atoms with Crippen LogP contribution in [0.2, 0.25) is 0 Å². The summed E-state index contributed by atoms with van der Waals surface area (Å²) in [6.07, 6.45) is 0.348. The van der Waals surface area contributed by atoms with Gasteiger partial charge in [0.25, 0.3) is 0 Å². The second kappa shape index (κ2) is 7.94. The molecular weight excluding hydrogens is 310 g/mol. The Labute approximate surface area is 121 Å². The zero-order valence-corrected chi connectivity index (χ0v) is 12.7. The van der Waals surface area contributed by atoms with Gasteiger partial charge in [-0.1, -0.05) is 35.0 Å². The summed E-state index contributed by atoms with van der Waals surface area (Å²) < 4.78 is 5.75. The summed E-state index contributed by atoms with van der Waals surface area (Å²) in [5.41, 5.74) is 1.09. The predicted octanol–water partition coefficient (Wildman–Crippen LogP) is 2.62. The molecular formula is C14H18BrNO3. The van der Waals surface area contributed by atoms with Crippen LogP contribution in [0.1, 0.15) is 31.7 Å². The number of hydrogen-bond acceptors (Lipinski definition) is 3. The number of halogens is 1. The van der Waals surface area contributed by atoms with Crippen LogP contribution < -0.4 is 5.32 Å². The van der Waals surface area contributed by atoms with Gasteiger partial charge < -0.3 is 10.1 Å². The molecule has 1 rings (SSSR count). The van der Waals surface area contributed by atoms with Crippen molar-refractivity contribution >= 4 is 27.8 Å². The van der Waals surface area contributed by atoms with Gasteiger partial charge in [0, 0.05) is 10.9 Å². The molecule has 0 radical (unpaired) electrons. The summed E-state index contributed by atoms with van der Waals surface area (Å²) in [5.74, 6) is -0.453. The lowest BCUT2D eigenvalue weighted by atomic mass is 9.98. The van der Waals surface area contributed by atoms with Gasteiger partial charge in [-0.25, -0.2) is 0 Å². The highest BCUT2D eigenvalue weighted by Gasteiger charge is 2.12. The van der Waals surface area contributed by atoms with E-state index in [0.717, 1.165) is 10.0 Å². The van der Waals surface area contributed by atoms with Crippen LogP contribution in [0.5, 0.6) is 0 Å². The van der Waals surface area contributed by atoms with Crippen molar-refractivity contribution in [3.8, 4) is 0 Å². The van der Waals surface area contributed by atoms with Gasteiger partial charge in [-0.2, -0.15) is 0 Å². The first-order valence-electron chi connectivity index (χ1n) is 6.20. The maximum Gasteiger partial charge on any atom is 0.325 e. The Morgan fingerprint density at radius 3 is 2.53 bits per heavy atom. The number of rotatable bonds is 6. The average Bonchev–Trinajstić information content (AvgIpc) is 2.37. The average molecular weight is 328 g/mol. The Morgan fingerprint density at radius 2 is 1.95 bits per heavy atom. The Morgan fingerprint density at radius 1 is 1.32 bits per heavy atom. The minimum Gasteiger partial charge on any atom is -0.465 e. The van der Waals surface area contributed by atoms with E-state index in [0.29, 0.717) is 13.0 Å². The topological polar surface area (TPSA) is 55.4 Å². The number of nitrogens with one attached hydrogen (secondary N) is 1. The second-order valence-corrected chi connectivity index (χ2v) is 5.15. The first kappa shape index (κ1) is 15.7. The standard InChI is InChI=1S/C14H18BrNO3/c1-3-19-14(18)9-16-13(17)8-10(2)11-4-6-12(15)7-5-11/h4-7,10H,3,8-9H2,1-2H3,(H,16,17). The van der Waals surface area contributed by atoms with Crippen molar-refractivity contribution < 1.29 is 14.3 Å². The van der Waals surface area contributed by atoms with Crippen LogP contribution >= 0.6 is 15.9 Å². The molecule has 5 heteroatoms. The molecule has 0 fully saturated rings. The van der Waals surface area contributed by atoms with E-state index in [4.69, 9.17) is 4.74 Å². The molecule has 0 aliphatic rings. The molecule has 1 amide bonds. The Hall–Kier alpha value is -1.36. The molecule has 1 unspecified atom stereocenters. The zero-order chi connectivity index (χ0) is 14.3. The van der Waals surface area contributed by atoms with Crippen molar-refractivity contribution in [2.45, 2.75) is 26.2 Å². The summed E-state index contributed by atoms with van der Waals surface area (Å²) in [7, 11) is 0. The molecule has 1 aromatic rings. The van der Waals surface area contributed by atoms with Gasteiger partial charge >= 0.3 is 5.97 Å². The number of benzene rings is 1. The van der Waals surface area contributed by atoms with E-state index in [1.54, 1.807) is 6.92 Å². The monoisotopic (exact) mass is 327 g/mol. The first-order valence-corrected chi connectivity index (χ1v) is 7.00. The van der Waals surface area contributed by atoms with Gasteiger partial charge in [-0.15, -0.1) is 0 Å². The third kappa shape index (κ3) is 5.87. The Kier molecular flexibility index (Phi) is 6.56. The molecule has 0 saturated carbocycles. The zero-order valence-electron chi connectivity index (χ0n) is 11.1. The van der Waals surface area contributed by atoms with Crippen molar-refractivity contribution in [1.82, 2.24) is 5.32 Å². The van der Waals surface area contributed by atoms with E-state index in [1.165, 1.54) is 0 Å². The molecule has 1 atom stereocenters. The molecule has 1 aromatic carbocycles. The molecule has 19 heavy (non-hydrogen) atoms. The van der Waals surface area contributed by atoms with E-state index in [-0.39, 0.29) is 18.4 Å². The number of esters is 1. The quantitative estimate of drug-likeness (QED) is 0.817. The molecule has 0 aliphatic carbocycles. The van der Waals surface area contributed by atoms with Gasteiger partial charge in [-0.05, 0) is 30.5 Å². The molecule has 104 valence electrons. The number of amides is 1. The second-order valence-electron chi connectivity index (χ2n) is 4.24. The fourth-order valence-electron chi connectivity index (χ4n) is 1.64. The fraction of sp³-hybridized carbons (Fsp3) is 0.429. The smallest absolute Gasteiger partial charge is 0.325 e. The van der Waals surface area contributed by atoms with Crippen LogP contribution in [0.15, 0.2) is 28.7 Å². The van der Waals surface area contributed by atoms with Crippen molar-refractivity contribution in [2.75, 3.05) is 13.2 Å². The molecule has 0 bridgehead atoms. The Bertz CT molecular complexity index is 431. The van der Waals surface area contributed by atoms with Gasteiger partial charge in [0.1, 0.15) is 6.54 Å². The molecule has 0 spiro atoms. The number of hydrogen-bond donors (Lipinski definition) is 1.